The van der Waals surface area contributed by atoms with Gasteiger partial charge in [-0.05, 0) is 49.2 Å². The molecule has 1 saturated carbocycles. The van der Waals surface area contributed by atoms with Crippen LogP contribution in [0.5, 0.6) is 11.5 Å². The van der Waals surface area contributed by atoms with Crippen LogP contribution >= 0.6 is 0 Å². The standard InChI is InChI=1S/C20H18N4O2/c25-19(14-12-21-20(22-13-14)24-16-6-7-16)23-15-8-10-18(11-9-15)26-17-4-2-1-3-5-17/h1-5,8-13,16H,6-7H2,(H,23,25)(H,21,22,24). The van der Waals surface area contributed by atoms with Gasteiger partial charge in [0.1, 0.15) is 11.5 Å². The number of ether oxygens (including phenoxy) is 1. The first-order valence-corrected chi connectivity index (χ1v) is 8.49. The highest BCUT2D eigenvalue weighted by molar-refractivity contribution is 6.03. The van der Waals surface area contributed by atoms with Gasteiger partial charge < -0.3 is 15.4 Å². The third kappa shape index (κ3) is 4.16. The lowest BCUT2D eigenvalue weighted by Gasteiger charge is -2.08. The van der Waals surface area contributed by atoms with Gasteiger partial charge in [-0.2, -0.15) is 0 Å². The molecule has 6 nitrogen and oxygen atoms in total. The van der Waals surface area contributed by atoms with Gasteiger partial charge in [0.05, 0.1) is 5.56 Å². The van der Waals surface area contributed by atoms with E-state index >= 15 is 0 Å². The van der Waals surface area contributed by atoms with E-state index in [0.717, 1.165) is 18.6 Å². The number of anilines is 2. The first-order valence-electron chi connectivity index (χ1n) is 8.49. The summed E-state index contributed by atoms with van der Waals surface area (Å²) >= 11 is 0. The third-order valence-corrected chi connectivity index (χ3v) is 3.92. The quantitative estimate of drug-likeness (QED) is 0.703. The number of benzene rings is 2. The molecule has 130 valence electrons. The molecule has 3 aromatic rings. The zero-order valence-electron chi connectivity index (χ0n) is 14.1. The zero-order chi connectivity index (χ0) is 17.8. The van der Waals surface area contributed by atoms with Gasteiger partial charge in [0.2, 0.25) is 5.95 Å². The van der Waals surface area contributed by atoms with Crippen LogP contribution in [-0.4, -0.2) is 21.9 Å². The van der Waals surface area contributed by atoms with E-state index in [9.17, 15) is 4.79 Å². The van der Waals surface area contributed by atoms with Gasteiger partial charge in [-0.15, -0.1) is 0 Å². The molecule has 0 unspecified atom stereocenters. The molecule has 2 aromatic carbocycles. The minimum absolute atomic E-state index is 0.250. The normalized spacial score (nSPS) is 13.1. The number of nitrogens with one attached hydrogen (secondary N) is 2. The Morgan fingerprint density at radius 1 is 0.923 bits per heavy atom. The summed E-state index contributed by atoms with van der Waals surface area (Å²) in [6.45, 7) is 0. The van der Waals surface area contributed by atoms with Gasteiger partial charge in [-0.3, -0.25) is 4.79 Å². The molecular formula is C20H18N4O2. The summed E-state index contributed by atoms with van der Waals surface area (Å²) in [5.74, 6) is 1.78. The van der Waals surface area contributed by atoms with Gasteiger partial charge in [0.25, 0.3) is 5.91 Å². The average Bonchev–Trinajstić information content (AvgIpc) is 3.49. The van der Waals surface area contributed by atoms with E-state index in [4.69, 9.17) is 4.74 Å². The van der Waals surface area contributed by atoms with Gasteiger partial charge in [-0.25, -0.2) is 9.97 Å². The Kier molecular flexibility index (Phi) is 4.47. The van der Waals surface area contributed by atoms with Crippen molar-refractivity contribution in [2.45, 2.75) is 18.9 Å². The highest BCUT2D eigenvalue weighted by Crippen LogP contribution is 2.24. The van der Waals surface area contributed by atoms with Crippen molar-refractivity contribution in [3.8, 4) is 11.5 Å². The molecular weight excluding hydrogens is 328 g/mol. The van der Waals surface area contributed by atoms with Crippen molar-refractivity contribution in [2.75, 3.05) is 10.6 Å². The maximum absolute atomic E-state index is 12.3. The van der Waals surface area contributed by atoms with Crippen LogP contribution in [0.4, 0.5) is 11.6 Å². The van der Waals surface area contributed by atoms with E-state index in [1.807, 2.05) is 42.5 Å². The van der Waals surface area contributed by atoms with Crippen molar-refractivity contribution in [1.82, 2.24) is 9.97 Å². The van der Waals surface area contributed by atoms with Crippen LogP contribution in [0.25, 0.3) is 0 Å². The molecule has 0 aliphatic heterocycles. The van der Waals surface area contributed by atoms with Crippen LogP contribution in [0.3, 0.4) is 0 Å². The topological polar surface area (TPSA) is 76.1 Å². The maximum Gasteiger partial charge on any atom is 0.258 e. The number of hydrogen-bond donors (Lipinski definition) is 2. The Balaban J connectivity index is 1.36. The second-order valence-electron chi connectivity index (χ2n) is 6.11. The van der Waals surface area contributed by atoms with E-state index in [2.05, 4.69) is 20.6 Å². The lowest BCUT2D eigenvalue weighted by atomic mass is 10.2. The van der Waals surface area contributed by atoms with E-state index in [-0.39, 0.29) is 5.91 Å². The number of nitrogens with zero attached hydrogens (tertiary/aromatic N) is 2. The smallest absolute Gasteiger partial charge is 0.258 e. The second-order valence-corrected chi connectivity index (χ2v) is 6.11. The van der Waals surface area contributed by atoms with Crippen molar-refractivity contribution >= 4 is 17.5 Å². The minimum atomic E-state index is -0.250. The summed E-state index contributed by atoms with van der Waals surface area (Å²) in [5.41, 5.74) is 1.09. The molecule has 4 rings (SSSR count). The number of carbonyl (C=O) groups excluding carboxylic acids is 1. The highest BCUT2D eigenvalue weighted by atomic mass is 16.5. The number of amides is 1. The fourth-order valence-electron chi connectivity index (χ4n) is 2.36. The number of rotatable bonds is 6. The molecule has 26 heavy (non-hydrogen) atoms. The Labute approximate surface area is 151 Å². The van der Waals surface area contributed by atoms with Crippen LogP contribution in [0, 0.1) is 0 Å². The van der Waals surface area contributed by atoms with Crippen molar-refractivity contribution in [3.63, 3.8) is 0 Å². The first kappa shape index (κ1) is 16.1. The molecule has 0 saturated heterocycles. The summed E-state index contributed by atoms with van der Waals surface area (Å²) in [7, 11) is 0. The molecule has 6 heteroatoms. The highest BCUT2D eigenvalue weighted by Gasteiger charge is 2.21. The summed E-state index contributed by atoms with van der Waals surface area (Å²) in [5, 5.41) is 6.02. The van der Waals surface area contributed by atoms with Crippen LogP contribution in [0.15, 0.2) is 67.0 Å². The molecule has 1 fully saturated rings. The maximum atomic E-state index is 12.3. The third-order valence-electron chi connectivity index (χ3n) is 3.92. The van der Waals surface area contributed by atoms with Crippen LogP contribution < -0.4 is 15.4 Å². The fraction of sp³-hybridized carbons (Fsp3) is 0.150. The van der Waals surface area contributed by atoms with Gasteiger partial charge in [-0.1, -0.05) is 18.2 Å². The molecule has 1 amide bonds. The fourth-order valence-corrected chi connectivity index (χ4v) is 2.36. The van der Waals surface area contributed by atoms with Crippen LogP contribution in [0.2, 0.25) is 0 Å². The van der Waals surface area contributed by atoms with Crippen LogP contribution in [-0.2, 0) is 0 Å². The lowest BCUT2D eigenvalue weighted by Crippen LogP contribution is -2.13. The molecule has 1 aliphatic carbocycles. The SMILES string of the molecule is O=C(Nc1ccc(Oc2ccccc2)cc1)c1cnc(NC2CC2)nc1. The Bertz CT molecular complexity index is 876. The molecule has 1 aliphatic rings. The summed E-state index contributed by atoms with van der Waals surface area (Å²) in [6.07, 6.45) is 5.35. The number of hydrogen-bond acceptors (Lipinski definition) is 5. The van der Waals surface area contributed by atoms with E-state index in [1.165, 1.54) is 12.4 Å². The summed E-state index contributed by atoms with van der Waals surface area (Å²) in [4.78, 5) is 20.7. The minimum Gasteiger partial charge on any atom is -0.457 e. The predicted molar refractivity (Wildman–Crippen MR) is 99.6 cm³/mol. The van der Waals surface area contributed by atoms with E-state index < -0.39 is 0 Å². The van der Waals surface area contributed by atoms with Crippen molar-refractivity contribution in [2.24, 2.45) is 0 Å². The first-order chi connectivity index (χ1) is 12.8. The van der Waals surface area contributed by atoms with E-state index in [1.54, 1.807) is 12.1 Å². The monoisotopic (exact) mass is 346 g/mol. The molecule has 0 spiro atoms. The number of para-hydroxylation sites is 1. The largest absolute Gasteiger partial charge is 0.457 e. The Morgan fingerprint density at radius 3 is 2.23 bits per heavy atom. The average molecular weight is 346 g/mol. The molecule has 0 atom stereocenters. The zero-order valence-corrected chi connectivity index (χ0v) is 14.1. The summed E-state index contributed by atoms with van der Waals surface area (Å²) in [6, 6.07) is 17.2. The molecule has 0 bridgehead atoms. The van der Waals surface area contributed by atoms with E-state index in [0.29, 0.717) is 29.0 Å². The molecule has 1 heterocycles. The second kappa shape index (κ2) is 7.23. The Hall–Kier alpha value is -3.41. The van der Waals surface area contributed by atoms with Gasteiger partial charge >= 0.3 is 0 Å². The van der Waals surface area contributed by atoms with Crippen LogP contribution in [0.1, 0.15) is 23.2 Å². The van der Waals surface area contributed by atoms with Gasteiger partial charge in [0, 0.05) is 24.1 Å². The van der Waals surface area contributed by atoms with Crippen molar-refractivity contribution in [1.29, 1.82) is 0 Å². The van der Waals surface area contributed by atoms with Crippen molar-refractivity contribution in [3.05, 3.63) is 72.6 Å². The van der Waals surface area contributed by atoms with Gasteiger partial charge in [0.15, 0.2) is 0 Å². The molecule has 2 N–H and O–H groups in total. The lowest BCUT2D eigenvalue weighted by molar-refractivity contribution is 0.102. The number of aromatic nitrogens is 2. The summed E-state index contributed by atoms with van der Waals surface area (Å²) < 4.78 is 5.73. The number of carbonyl (C=O) groups is 1. The molecule has 1 aromatic heterocycles. The molecule has 0 radical (unpaired) electrons. The van der Waals surface area contributed by atoms with Crippen molar-refractivity contribution < 1.29 is 9.53 Å². The predicted octanol–water partition coefficient (Wildman–Crippen LogP) is 4.10. The Morgan fingerprint density at radius 2 is 1.58 bits per heavy atom.